The maximum absolute atomic E-state index is 12.0. The predicted molar refractivity (Wildman–Crippen MR) is 89.7 cm³/mol. The summed E-state index contributed by atoms with van der Waals surface area (Å²) < 4.78 is 1.66. The number of pyridine rings is 1. The lowest BCUT2D eigenvalue weighted by Crippen LogP contribution is -2.49. The predicted octanol–water partition coefficient (Wildman–Crippen LogP) is 1.23. The van der Waals surface area contributed by atoms with Gasteiger partial charge in [-0.25, -0.2) is 4.98 Å². The Morgan fingerprint density at radius 3 is 2.74 bits per heavy atom. The molecule has 1 amide bonds. The summed E-state index contributed by atoms with van der Waals surface area (Å²) in [6, 6.07) is 5.44. The minimum atomic E-state index is -0.0481. The summed E-state index contributed by atoms with van der Waals surface area (Å²) in [4.78, 5) is 20.6. The zero-order chi connectivity index (χ0) is 16.2. The van der Waals surface area contributed by atoms with Crippen molar-refractivity contribution >= 4 is 29.1 Å². The molecule has 0 aromatic carbocycles. The normalized spacial score (nSPS) is 15.7. The highest BCUT2D eigenvalue weighted by Crippen LogP contribution is 2.23. The van der Waals surface area contributed by atoms with Crippen molar-refractivity contribution in [2.45, 2.75) is 0 Å². The van der Waals surface area contributed by atoms with Gasteiger partial charge in [-0.1, -0.05) is 11.6 Å². The Kier molecular flexibility index (Phi) is 4.78. The smallest absolute Gasteiger partial charge is 0.239 e. The van der Waals surface area contributed by atoms with Crippen molar-refractivity contribution < 1.29 is 4.79 Å². The van der Waals surface area contributed by atoms with Gasteiger partial charge in [-0.3, -0.25) is 14.4 Å². The molecule has 1 aliphatic heterocycles. The number of carbonyl (C=O) groups is 1. The van der Waals surface area contributed by atoms with Crippen LogP contribution in [0.25, 0.3) is 0 Å². The van der Waals surface area contributed by atoms with E-state index in [1.54, 1.807) is 23.1 Å². The molecule has 23 heavy (non-hydrogen) atoms. The van der Waals surface area contributed by atoms with Crippen molar-refractivity contribution in [1.82, 2.24) is 19.7 Å². The Balaban J connectivity index is 1.49. The van der Waals surface area contributed by atoms with Crippen LogP contribution >= 0.6 is 11.6 Å². The third-order valence-electron chi connectivity index (χ3n) is 3.76. The summed E-state index contributed by atoms with van der Waals surface area (Å²) in [5, 5.41) is 7.60. The zero-order valence-electron chi connectivity index (χ0n) is 12.9. The van der Waals surface area contributed by atoms with Crippen LogP contribution in [0.4, 0.5) is 11.6 Å². The van der Waals surface area contributed by atoms with Gasteiger partial charge in [-0.2, -0.15) is 5.10 Å². The highest BCUT2D eigenvalue weighted by molar-refractivity contribution is 6.32. The highest BCUT2D eigenvalue weighted by atomic mass is 35.5. The topological polar surface area (TPSA) is 66.3 Å². The average molecular weight is 335 g/mol. The fourth-order valence-corrected chi connectivity index (χ4v) is 2.84. The van der Waals surface area contributed by atoms with Gasteiger partial charge < -0.3 is 10.2 Å². The molecule has 1 aliphatic rings. The number of aryl methyl sites for hydroxylation is 1. The minimum Gasteiger partial charge on any atom is -0.353 e. The van der Waals surface area contributed by atoms with Gasteiger partial charge >= 0.3 is 0 Å². The summed E-state index contributed by atoms with van der Waals surface area (Å²) in [5.74, 6) is 1.34. The van der Waals surface area contributed by atoms with Gasteiger partial charge in [0.1, 0.15) is 5.82 Å². The van der Waals surface area contributed by atoms with Crippen LogP contribution in [0.3, 0.4) is 0 Å². The minimum absolute atomic E-state index is 0.0481. The molecule has 2 aromatic heterocycles. The largest absolute Gasteiger partial charge is 0.353 e. The second-order valence-corrected chi connectivity index (χ2v) is 5.90. The molecule has 0 aliphatic carbocycles. The third-order valence-corrected chi connectivity index (χ3v) is 4.05. The quantitative estimate of drug-likeness (QED) is 0.911. The van der Waals surface area contributed by atoms with Crippen LogP contribution < -0.4 is 10.2 Å². The lowest BCUT2D eigenvalue weighted by atomic mass is 10.3. The number of hydrogen-bond donors (Lipinski definition) is 1. The van der Waals surface area contributed by atoms with Crippen molar-refractivity contribution in [3.8, 4) is 0 Å². The fraction of sp³-hybridized carbons (Fsp3) is 0.400. The van der Waals surface area contributed by atoms with Crippen LogP contribution in [-0.2, 0) is 11.8 Å². The first-order valence-electron chi connectivity index (χ1n) is 7.49. The number of amides is 1. The number of piperazine rings is 1. The lowest BCUT2D eigenvalue weighted by molar-refractivity contribution is -0.117. The van der Waals surface area contributed by atoms with E-state index in [0.717, 1.165) is 32.0 Å². The molecular weight excluding hydrogens is 316 g/mol. The molecule has 1 saturated heterocycles. The van der Waals surface area contributed by atoms with E-state index in [-0.39, 0.29) is 5.91 Å². The number of rotatable bonds is 4. The molecule has 0 spiro atoms. The standard InChI is InChI=1S/C15H19ClN6O/c1-20-6-4-13(19-20)18-14(23)11-21-7-9-22(10-8-21)15-12(16)3-2-5-17-15/h2-6H,7-11H2,1H3,(H,18,19,23). The molecule has 1 fully saturated rings. The first kappa shape index (κ1) is 15.8. The fourth-order valence-electron chi connectivity index (χ4n) is 2.60. The van der Waals surface area contributed by atoms with Gasteiger partial charge in [0.15, 0.2) is 5.82 Å². The SMILES string of the molecule is Cn1ccc(NC(=O)CN2CCN(c3ncccc3Cl)CC2)n1. The van der Waals surface area contributed by atoms with Crippen LogP contribution in [-0.4, -0.2) is 58.3 Å². The Morgan fingerprint density at radius 2 is 2.09 bits per heavy atom. The second kappa shape index (κ2) is 6.97. The number of anilines is 2. The first-order valence-corrected chi connectivity index (χ1v) is 7.87. The maximum atomic E-state index is 12.0. The molecule has 122 valence electrons. The van der Waals surface area contributed by atoms with Crippen molar-refractivity contribution in [2.75, 3.05) is 42.9 Å². The molecule has 0 radical (unpaired) electrons. The Labute approximate surface area is 139 Å². The van der Waals surface area contributed by atoms with E-state index in [1.807, 2.05) is 19.2 Å². The van der Waals surface area contributed by atoms with Crippen LogP contribution in [0.15, 0.2) is 30.6 Å². The molecule has 7 nitrogen and oxygen atoms in total. The van der Waals surface area contributed by atoms with E-state index in [4.69, 9.17) is 11.6 Å². The second-order valence-electron chi connectivity index (χ2n) is 5.49. The number of nitrogens with zero attached hydrogens (tertiary/aromatic N) is 5. The molecule has 0 atom stereocenters. The van der Waals surface area contributed by atoms with Gasteiger partial charge in [0.2, 0.25) is 5.91 Å². The van der Waals surface area contributed by atoms with Crippen LogP contribution in [0, 0.1) is 0 Å². The van der Waals surface area contributed by atoms with Crippen molar-refractivity contribution in [3.63, 3.8) is 0 Å². The van der Waals surface area contributed by atoms with Crippen LogP contribution in [0.5, 0.6) is 0 Å². The van der Waals surface area contributed by atoms with Crippen molar-refractivity contribution in [2.24, 2.45) is 7.05 Å². The zero-order valence-corrected chi connectivity index (χ0v) is 13.7. The van der Waals surface area contributed by atoms with Crippen LogP contribution in [0.1, 0.15) is 0 Å². The summed E-state index contributed by atoms with van der Waals surface area (Å²) in [6.45, 7) is 3.55. The number of nitrogens with one attached hydrogen (secondary N) is 1. The van der Waals surface area contributed by atoms with Gasteiger partial charge in [-0.15, -0.1) is 0 Å². The average Bonchev–Trinajstić information content (AvgIpc) is 2.93. The first-order chi connectivity index (χ1) is 11.1. The monoisotopic (exact) mass is 334 g/mol. The molecule has 0 bridgehead atoms. The van der Waals surface area contributed by atoms with Gasteiger partial charge in [-0.05, 0) is 12.1 Å². The summed E-state index contributed by atoms with van der Waals surface area (Å²) >= 11 is 6.18. The van der Waals surface area contributed by atoms with Crippen LogP contribution in [0.2, 0.25) is 5.02 Å². The van der Waals surface area contributed by atoms with E-state index < -0.39 is 0 Å². The number of aromatic nitrogens is 3. The molecule has 2 aromatic rings. The third kappa shape index (κ3) is 4.00. The maximum Gasteiger partial charge on any atom is 0.239 e. The molecule has 0 saturated carbocycles. The molecule has 3 rings (SSSR count). The van der Waals surface area contributed by atoms with E-state index in [0.29, 0.717) is 17.4 Å². The number of halogens is 1. The summed E-state index contributed by atoms with van der Waals surface area (Å²) in [7, 11) is 1.82. The molecule has 8 heteroatoms. The Morgan fingerprint density at radius 1 is 1.30 bits per heavy atom. The van der Waals surface area contributed by atoms with Gasteiger partial charge in [0, 0.05) is 51.7 Å². The van der Waals surface area contributed by atoms with Gasteiger partial charge in [0.25, 0.3) is 0 Å². The van der Waals surface area contributed by atoms with Crippen molar-refractivity contribution in [3.05, 3.63) is 35.6 Å². The number of hydrogen-bond acceptors (Lipinski definition) is 5. The van der Waals surface area contributed by atoms with Gasteiger partial charge in [0.05, 0.1) is 11.6 Å². The summed E-state index contributed by atoms with van der Waals surface area (Å²) in [6.07, 6.45) is 3.54. The van der Waals surface area contributed by atoms with E-state index in [1.165, 1.54) is 0 Å². The molecule has 0 unspecified atom stereocenters. The van der Waals surface area contributed by atoms with E-state index in [2.05, 4.69) is 25.2 Å². The molecular formula is C15H19ClN6O. The summed E-state index contributed by atoms with van der Waals surface area (Å²) in [5.41, 5.74) is 0. The highest BCUT2D eigenvalue weighted by Gasteiger charge is 2.21. The number of carbonyl (C=O) groups excluding carboxylic acids is 1. The van der Waals surface area contributed by atoms with E-state index >= 15 is 0 Å². The van der Waals surface area contributed by atoms with E-state index in [9.17, 15) is 4.79 Å². The molecule has 1 N–H and O–H groups in total. The molecule has 3 heterocycles. The lowest BCUT2D eigenvalue weighted by Gasteiger charge is -2.35. The van der Waals surface area contributed by atoms with Crippen molar-refractivity contribution in [1.29, 1.82) is 0 Å². The Hall–Kier alpha value is -2.12. The Bertz CT molecular complexity index is 680.